The van der Waals surface area contributed by atoms with Crippen LogP contribution in [0.5, 0.6) is 0 Å². The molecule has 0 amide bonds. The second kappa shape index (κ2) is 10.5. The van der Waals surface area contributed by atoms with Crippen LogP contribution >= 0.6 is 0 Å². The van der Waals surface area contributed by atoms with Crippen molar-refractivity contribution in [3.05, 3.63) is 170 Å². The molecule has 3 aromatic heterocycles. The van der Waals surface area contributed by atoms with Gasteiger partial charge in [0, 0.05) is 63.0 Å². The van der Waals surface area contributed by atoms with Gasteiger partial charge in [-0.3, -0.25) is 9.97 Å². The zero-order chi connectivity index (χ0) is 31.6. The van der Waals surface area contributed by atoms with Gasteiger partial charge in [-0.15, -0.1) is 0 Å². The van der Waals surface area contributed by atoms with Crippen molar-refractivity contribution in [2.45, 2.75) is 0 Å². The predicted molar refractivity (Wildman–Crippen MR) is 198 cm³/mol. The van der Waals surface area contributed by atoms with Crippen LogP contribution in [0.2, 0.25) is 0 Å². The Morgan fingerprint density at radius 3 is 2.19 bits per heavy atom. The molecule has 0 fully saturated rings. The topological polar surface area (TPSA) is 34.0 Å². The van der Waals surface area contributed by atoms with Gasteiger partial charge in [0.05, 0.1) is 28.3 Å². The average molecular weight is 613 g/mol. The third kappa shape index (κ3) is 3.96. The summed E-state index contributed by atoms with van der Waals surface area (Å²) in [7, 11) is 0. The molecule has 4 heteroatoms. The Morgan fingerprint density at radius 2 is 1.25 bits per heavy atom. The maximum Gasteiger partial charge on any atom is 0.0781 e. The molecule has 10 rings (SSSR count). The summed E-state index contributed by atoms with van der Waals surface area (Å²) in [5.41, 5.74) is 12.2. The van der Waals surface area contributed by atoms with Gasteiger partial charge in [-0.1, -0.05) is 103 Å². The number of pyridine rings is 2. The molecule has 0 bridgehead atoms. The van der Waals surface area contributed by atoms with Crippen molar-refractivity contribution in [1.29, 1.82) is 0 Å². The van der Waals surface area contributed by atoms with Crippen LogP contribution < -0.4 is 4.90 Å². The highest BCUT2D eigenvalue weighted by molar-refractivity contribution is 6.13. The van der Waals surface area contributed by atoms with Crippen molar-refractivity contribution in [3.8, 4) is 39.3 Å². The molecule has 1 aliphatic heterocycles. The summed E-state index contributed by atoms with van der Waals surface area (Å²) in [6.45, 7) is 0. The number of para-hydroxylation sites is 2. The van der Waals surface area contributed by atoms with Crippen LogP contribution in [-0.4, -0.2) is 14.5 Å². The lowest BCUT2D eigenvalue weighted by Gasteiger charge is -2.27. The zero-order valence-corrected chi connectivity index (χ0v) is 26.0. The molecule has 4 nitrogen and oxygen atoms in total. The molecule has 0 spiro atoms. The summed E-state index contributed by atoms with van der Waals surface area (Å²) < 4.78 is 2.43. The fraction of sp³-hybridized carbons (Fsp3) is 0. The van der Waals surface area contributed by atoms with Crippen molar-refractivity contribution in [3.63, 3.8) is 0 Å². The first-order valence-corrected chi connectivity index (χ1v) is 16.2. The van der Waals surface area contributed by atoms with Gasteiger partial charge in [0.25, 0.3) is 0 Å². The molecule has 0 radical (unpaired) electrons. The van der Waals surface area contributed by atoms with E-state index in [4.69, 9.17) is 9.97 Å². The molecule has 6 aromatic carbocycles. The molecule has 48 heavy (non-hydrogen) atoms. The van der Waals surface area contributed by atoms with Crippen molar-refractivity contribution < 1.29 is 0 Å². The Morgan fingerprint density at radius 1 is 0.479 bits per heavy atom. The Labute approximate surface area is 277 Å². The number of hydrogen-bond acceptors (Lipinski definition) is 3. The maximum atomic E-state index is 4.87. The number of anilines is 3. The number of hydrogen-bond donors (Lipinski definition) is 0. The molecular formula is C44H28N4. The lowest BCUT2D eigenvalue weighted by molar-refractivity contribution is 1.13. The van der Waals surface area contributed by atoms with Crippen LogP contribution in [0.15, 0.2) is 170 Å². The molecule has 0 atom stereocenters. The molecule has 0 N–H and O–H groups in total. The summed E-state index contributed by atoms with van der Waals surface area (Å²) in [5.74, 6) is 0. The normalized spacial score (nSPS) is 12.1. The Hall–Kier alpha value is -6.52. The second-order valence-electron chi connectivity index (χ2n) is 12.3. The van der Waals surface area contributed by atoms with Crippen LogP contribution in [0.1, 0.15) is 0 Å². The number of fused-ring (bicyclic) bond motifs is 9. The Bertz CT molecular complexity index is 2700. The smallest absolute Gasteiger partial charge is 0.0781 e. The van der Waals surface area contributed by atoms with E-state index in [1.165, 1.54) is 27.1 Å². The zero-order valence-electron chi connectivity index (χ0n) is 26.0. The SMILES string of the molecule is c1cc(-c2nccc3ccccc23)cc(-n2c3c(c4ccccc42)-c2cnccc2N(c2ccc4ccccc4c2)c2ccccc2-3)c1. The van der Waals surface area contributed by atoms with Crippen molar-refractivity contribution in [1.82, 2.24) is 14.5 Å². The average Bonchev–Trinajstić information content (AvgIpc) is 3.44. The minimum Gasteiger partial charge on any atom is -0.309 e. The Kier molecular flexibility index (Phi) is 5.84. The van der Waals surface area contributed by atoms with Gasteiger partial charge in [-0.05, 0) is 64.7 Å². The molecule has 4 heterocycles. The number of aromatic nitrogens is 3. The van der Waals surface area contributed by atoms with E-state index >= 15 is 0 Å². The standard InChI is InChI=1S/C44H28N4/c1-2-12-31-26-34(21-20-29(31)10-1)47-40-19-8-6-17-37(40)44-42(38-28-45-24-23-41(38)47)36-16-5-7-18-39(36)48(44)33-14-9-13-32(27-33)43-35-15-4-3-11-30(35)22-25-46-43/h1-28H. The highest BCUT2D eigenvalue weighted by atomic mass is 15.2. The number of rotatable bonds is 3. The van der Waals surface area contributed by atoms with E-state index in [0.29, 0.717) is 0 Å². The first-order valence-electron chi connectivity index (χ1n) is 16.2. The van der Waals surface area contributed by atoms with Crippen LogP contribution in [0.25, 0.3) is 71.8 Å². The third-order valence-corrected chi connectivity index (χ3v) is 9.63. The predicted octanol–water partition coefficient (Wildman–Crippen LogP) is 11.5. The van der Waals surface area contributed by atoms with E-state index in [2.05, 4.69) is 161 Å². The monoisotopic (exact) mass is 612 g/mol. The van der Waals surface area contributed by atoms with E-state index in [1.807, 2.05) is 18.6 Å². The summed E-state index contributed by atoms with van der Waals surface area (Å²) in [6.07, 6.45) is 5.84. The third-order valence-electron chi connectivity index (χ3n) is 9.63. The van der Waals surface area contributed by atoms with Gasteiger partial charge in [0.2, 0.25) is 0 Å². The van der Waals surface area contributed by atoms with Crippen LogP contribution in [0, 0.1) is 0 Å². The fourth-order valence-electron chi connectivity index (χ4n) is 7.55. The van der Waals surface area contributed by atoms with Gasteiger partial charge in [0.15, 0.2) is 0 Å². The van der Waals surface area contributed by atoms with Crippen LogP contribution in [0.3, 0.4) is 0 Å². The summed E-state index contributed by atoms with van der Waals surface area (Å²) in [4.78, 5) is 12.0. The maximum absolute atomic E-state index is 4.87. The molecule has 0 unspecified atom stereocenters. The molecule has 1 aliphatic rings. The summed E-state index contributed by atoms with van der Waals surface area (Å²) >= 11 is 0. The molecule has 0 aliphatic carbocycles. The van der Waals surface area contributed by atoms with E-state index in [9.17, 15) is 0 Å². The van der Waals surface area contributed by atoms with Gasteiger partial charge in [-0.25, -0.2) is 0 Å². The van der Waals surface area contributed by atoms with Gasteiger partial charge in [-0.2, -0.15) is 0 Å². The summed E-state index contributed by atoms with van der Waals surface area (Å²) in [5, 5.41) is 5.94. The molecule has 224 valence electrons. The van der Waals surface area contributed by atoms with Gasteiger partial charge >= 0.3 is 0 Å². The van der Waals surface area contributed by atoms with Crippen molar-refractivity contribution >= 4 is 49.5 Å². The van der Waals surface area contributed by atoms with E-state index in [1.54, 1.807) is 0 Å². The molecule has 9 aromatic rings. The van der Waals surface area contributed by atoms with Crippen molar-refractivity contribution in [2.24, 2.45) is 0 Å². The van der Waals surface area contributed by atoms with Crippen molar-refractivity contribution in [2.75, 3.05) is 4.90 Å². The highest BCUT2D eigenvalue weighted by Crippen LogP contribution is 2.54. The molecule has 0 saturated heterocycles. The number of benzene rings is 6. The van der Waals surface area contributed by atoms with Gasteiger partial charge in [0.1, 0.15) is 0 Å². The first kappa shape index (κ1) is 26.7. The van der Waals surface area contributed by atoms with E-state index in [0.717, 1.165) is 61.7 Å². The highest BCUT2D eigenvalue weighted by Gasteiger charge is 2.31. The lowest BCUT2D eigenvalue weighted by atomic mass is 9.99. The summed E-state index contributed by atoms with van der Waals surface area (Å²) in [6, 6.07) is 54.3. The van der Waals surface area contributed by atoms with Crippen LogP contribution in [0.4, 0.5) is 17.1 Å². The largest absolute Gasteiger partial charge is 0.309 e. The fourth-order valence-corrected chi connectivity index (χ4v) is 7.55. The van der Waals surface area contributed by atoms with E-state index in [-0.39, 0.29) is 0 Å². The molecule has 0 saturated carbocycles. The molecular weight excluding hydrogens is 585 g/mol. The minimum absolute atomic E-state index is 0.981. The van der Waals surface area contributed by atoms with Gasteiger partial charge < -0.3 is 9.47 Å². The minimum atomic E-state index is 0.981. The Balaban J connectivity index is 1.28. The second-order valence-corrected chi connectivity index (χ2v) is 12.3. The van der Waals surface area contributed by atoms with E-state index < -0.39 is 0 Å². The number of nitrogens with zero attached hydrogens (tertiary/aromatic N) is 4. The van der Waals surface area contributed by atoms with Crippen LogP contribution in [-0.2, 0) is 0 Å². The quantitative estimate of drug-likeness (QED) is 0.199. The first-order chi connectivity index (χ1) is 23.8. The lowest BCUT2D eigenvalue weighted by Crippen LogP contribution is -2.11.